The monoisotopic (exact) mass is 730 g/mol. The van der Waals surface area contributed by atoms with Crippen molar-refractivity contribution >= 4 is 20.2 Å². The number of hydrogen-bond acceptors (Lipinski definition) is 5. The fourth-order valence-corrected chi connectivity index (χ4v) is 6.37. The second-order valence-corrected chi connectivity index (χ2v) is 12.1. The van der Waals surface area contributed by atoms with Gasteiger partial charge in [0.1, 0.15) is 5.25 Å². The minimum absolute atomic E-state index is 0.613. The van der Waals surface area contributed by atoms with Crippen LogP contribution >= 0.6 is 0 Å². The Morgan fingerprint density at radius 2 is 0.733 bits per heavy atom. The van der Waals surface area contributed by atoms with E-state index in [2.05, 4.69) is 3.63 Å². The maximum Gasteiger partial charge on any atom is 0.460 e. The molecule has 0 unspecified atom stereocenters. The average molecular weight is 730 g/mol. The third-order valence-electron chi connectivity index (χ3n) is 5.68. The van der Waals surface area contributed by atoms with Gasteiger partial charge in [0, 0.05) is 0 Å². The van der Waals surface area contributed by atoms with Crippen LogP contribution in [0.4, 0.5) is 74.6 Å². The van der Waals surface area contributed by atoms with E-state index in [9.17, 15) is 91.5 Å². The Labute approximate surface area is 239 Å². The van der Waals surface area contributed by atoms with E-state index in [4.69, 9.17) is 0 Å². The van der Waals surface area contributed by atoms with Crippen LogP contribution in [-0.4, -0.2) is 63.8 Å². The summed E-state index contributed by atoms with van der Waals surface area (Å²) in [5.41, 5.74) is -1.23. The van der Waals surface area contributed by atoms with Gasteiger partial charge in [-0.1, -0.05) is 60.7 Å². The molecule has 0 aliphatic rings. The molecule has 0 N–H and O–H groups in total. The van der Waals surface area contributed by atoms with Gasteiger partial charge in [0.15, 0.2) is 0 Å². The first kappa shape index (κ1) is 38.3. The molecular formula is C21H11F17O5S2. The van der Waals surface area contributed by atoms with E-state index in [1.165, 1.54) is 12.1 Å². The minimum Gasteiger partial charge on any atom is -0.197 e. The van der Waals surface area contributed by atoms with Crippen molar-refractivity contribution in [3.05, 3.63) is 71.8 Å². The highest BCUT2D eigenvalue weighted by Crippen LogP contribution is 2.64. The fourth-order valence-electron chi connectivity index (χ4n) is 3.29. The topological polar surface area (TPSA) is 77.5 Å². The van der Waals surface area contributed by atoms with Gasteiger partial charge in [-0.2, -0.15) is 91.5 Å². The lowest BCUT2D eigenvalue weighted by Crippen LogP contribution is -2.75. The van der Waals surface area contributed by atoms with Gasteiger partial charge in [0.05, 0.1) is 0 Å². The van der Waals surface area contributed by atoms with E-state index in [0.717, 1.165) is 48.5 Å². The minimum atomic E-state index is -9.07. The molecule has 0 radical (unpaired) electrons. The molecule has 2 rings (SSSR count). The van der Waals surface area contributed by atoms with Crippen LogP contribution in [0.5, 0.6) is 0 Å². The van der Waals surface area contributed by atoms with Crippen molar-refractivity contribution in [3.8, 4) is 0 Å². The third kappa shape index (κ3) is 5.69. The van der Waals surface area contributed by atoms with E-state index in [1.807, 2.05) is 0 Å². The smallest absolute Gasteiger partial charge is 0.197 e. The highest BCUT2D eigenvalue weighted by atomic mass is 32.3. The Balaban J connectivity index is 2.69. The summed E-state index contributed by atoms with van der Waals surface area (Å²) in [7, 11) is -14.8. The maximum atomic E-state index is 14.4. The molecule has 2 aromatic carbocycles. The van der Waals surface area contributed by atoms with Crippen LogP contribution in [0.15, 0.2) is 60.7 Å². The average Bonchev–Trinajstić information content (AvgIpc) is 2.87. The predicted molar refractivity (Wildman–Crippen MR) is 114 cm³/mol. The Morgan fingerprint density at radius 1 is 0.444 bits per heavy atom. The zero-order valence-electron chi connectivity index (χ0n) is 20.6. The molecule has 0 aliphatic heterocycles. The molecule has 2 aromatic rings. The molecule has 0 heterocycles. The predicted octanol–water partition coefficient (Wildman–Crippen LogP) is 7.42. The second-order valence-electron chi connectivity index (χ2n) is 8.68. The van der Waals surface area contributed by atoms with Gasteiger partial charge in [-0.25, -0.2) is 0 Å². The van der Waals surface area contributed by atoms with E-state index in [1.54, 1.807) is 0 Å². The molecular weight excluding hydrogens is 719 g/mol. The first-order valence-corrected chi connectivity index (χ1v) is 13.7. The molecule has 24 heteroatoms. The van der Waals surface area contributed by atoms with Crippen LogP contribution in [-0.2, 0) is 23.9 Å². The first-order valence-electron chi connectivity index (χ1n) is 10.8. The largest absolute Gasteiger partial charge is 0.460 e. The quantitative estimate of drug-likeness (QED) is 0.213. The van der Waals surface area contributed by atoms with Crippen LogP contribution in [0, 0.1) is 0 Å². The molecule has 0 saturated heterocycles. The molecule has 256 valence electrons. The third-order valence-corrected chi connectivity index (χ3v) is 9.17. The van der Waals surface area contributed by atoms with Crippen molar-refractivity contribution in [1.29, 1.82) is 0 Å². The lowest BCUT2D eigenvalue weighted by atomic mass is 9.91. The lowest BCUT2D eigenvalue weighted by molar-refractivity contribution is -0.458. The highest BCUT2D eigenvalue weighted by molar-refractivity contribution is 8.00. The van der Waals surface area contributed by atoms with Gasteiger partial charge in [0.2, 0.25) is 0 Å². The van der Waals surface area contributed by atoms with Crippen molar-refractivity contribution in [2.24, 2.45) is 0 Å². The standard InChI is InChI=1S/C21H11F17O5S2/c22-14(23,16(26,27)18(30,31)20(34,35)36)15(24,25)17(28,29)19(32,33)21(37,38)45(41,42)43-44(39,40)13(11-7-3-1-4-8-11)12-9-5-2-6-10-12/h1-10,13H. The molecule has 0 atom stereocenters. The summed E-state index contributed by atoms with van der Waals surface area (Å²) in [5, 5.41) is -10.8. The van der Waals surface area contributed by atoms with E-state index in [-0.39, 0.29) is 0 Å². The van der Waals surface area contributed by atoms with Crippen LogP contribution < -0.4 is 0 Å². The Kier molecular flexibility index (Phi) is 9.47. The Hall–Kier alpha value is -2.89. The number of rotatable bonds is 12. The van der Waals surface area contributed by atoms with Crippen LogP contribution in [0.2, 0.25) is 0 Å². The molecule has 0 aliphatic carbocycles. The summed E-state index contributed by atoms with van der Waals surface area (Å²) in [6.07, 6.45) is -7.97. The molecule has 0 bridgehead atoms. The van der Waals surface area contributed by atoms with E-state index in [0.29, 0.717) is 0 Å². The van der Waals surface area contributed by atoms with Crippen LogP contribution in [0.1, 0.15) is 16.4 Å². The van der Waals surface area contributed by atoms with Crippen LogP contribution in [0.3, 0.4) is 0 Å². The SMILES string of the molecule is O=S(=O)(OS(=O)(=O)C(F)(F)C(F)(F)C(F)(F)C(F)(F)C(F)(F)C(F)(F)C(F)(F)C(F)(F)F)C(c1ccccc1)c1ccccc1. The second kappa shape index (κ2) is 11.1. The zero-order chi connectivity index (χ0) is 35.5. The van der Waals surface area contributed by atoms with Crippen molar-refractivity contribution in [1.82, 2.24) is 0 Å². The summed E-state index contributed by atoms with van der Waals surface area (Å²) < 4.78 is 282. The van der Waals surface area contributed by atoms with Gasteiger partial charge in [-0.3, -0.25) is 0 Å². The molecule has 0 aromatic heterocycles. The number of halogens is 17. The van der Waals surface area contributed by atoms with Crippen molar-refractivity contribution < 1.29 is 95.1 Å². The normalized spacial score (nSPS) is 15.4. The van der Waals surface area contributed by atoms with E-state index < -0.39 is 83.6 Å². The molecule has 0 spiro atoms. The summed E-state index contributed by atoms with van der Waals surface area (Å²) in [6, 6.07) is 9.79. The Bertz CT molecular complexity index is 1530. The maximum absolute atomic E-state index is 14.4. The molecule has 0 amide bonds. The Morgan fingerprint density at radius 3 is 1.04 bits per heavy atom. The molecule has 5 nitrogen and oxygen atoms in total. The van der Waals surface area contributed by atoms with Crippen LogP contribution in [0.25, 0.3) is 0 Å². The molecule has 0 fully saturated rings. The summed E-state index contributed by atoms with van der Waals surface area (Å²) in [4.78, 5) is 0. The van der Waals surface area contributed by atoms with Gasteiger partial charge in [-0.15, -0.1) is 3.63 Å². The fraction of sp³-hybridized carbons (Fsp3) is 0.429. The van der Waals surface area contributed by atoms with Gasteiger partial charge in [-0.05, 0) is 11.1 Å². The zero-order valence-corrected chi connectivity index (χ0v) is 22.3. The van der Waals surface area contributed by atoms with Gasteiger partial charge >= 0.3 is 57.1 Å². The summed E-state index contributed by atoms with van der Waals surface area (Å²) in [5.74, 6) is -53.0. The van der Waals surface area contributed by atoms with E-state index >= 15 is 0 Å². The summed E-state index contributed by atoms with van der Waals surface area (Å²) >= 11 is 0. The van der Waals surface area contributed by atoms with Crippen molar-refractivity contribution in [3.63, 3.8) is 0 Å². The lowest BCUT2D eigenvalue weighted by Gasteiger charge is -2.42. The highest BCUT2D eigenvalue weighted by Gasteiger charge is 2.96. The van der Waals surface area contributed by atoms with Gasteiger partial charge in [0.25, 0.3) is 10.1 Å². The summed E-state index contributed by atoms with van der Waals surface area (Å²) in [6.45, 7) is 0. The number of hydrogen-bond donors (Lipinski definition) is 0. The van der Waals surface area contributed by atoms with Gasteiger partial charge < -0.3 is 0 Å². The number of alkyl halides is 17. The molecule has 0 saturated carbocycles. The molecule has 45 heavy (non-hydrogen) atoms. The number of benzene rings is 2. The van der Waals surface area contributed by atoms with Crippen molar-refractivity contribution in [2.45, 2.75) is 52.2 Å². The first-order chi connectivity index (χ1) is 19.8. The van der Waals surface area contributed by atoms with Crippen molar-refractivity contribution in [2.75, 3.05) is 0 Å².